The van der Waals surface area contributed by atoms with E-state index in [2.05, 4.69) is 16.0 Å². The molecule has 1 aromatic rings. The van der Waals surface area contributed by atoms with Gasteiger partial charge in [-0.15, -0.1) is 0 Å². The van der Waals surface area contributed by atoms with Crippen molar-refractivity contribution in [2.24, 2.45) is 0 Å². The van der Waals surface area contributed by atoms with E-state index >= 15 is 0 Å². The normalized spacial score (nSPS) is 22.8. The molecule has 0 aromatic heterocycles. The van der Waals surface area contributed by atoms with E-state index in [0.29, 0.717) is 6.42 Å². The standard InChI is InChI=1S/C21H29N3O4/c1-2-28-21(27)18-17(24-18)20(26)23-16(13-14-9-5-3-6-10-14)19(25)22-15-11-7-4-8-12-15/h3,5-6,9-10,15-18,24H,2,4,7-8,11-13H2,1H3,(H,22,25)(H,23,26)/t16-,17-,18-/m0/s1. The lowest BCUT2D eigenvalue weighted by Gasteiger charge is -2.26. The molecule has 1 aliphatic heterocycles. The van der Waals surface area contributed by atoms with E-state index in [0.717, 1.165) is 31.2 Å². The highest BCUT2D eigenvalue weighted by molar-refractivity contribution is 5.97. The van der Waals surface area contributed by atoms with Gasteiger partial charge in [0, 0.05) is 12.5 Å². The first-order valence-corrected chi connectivity index (χ1v) is 10.2. The molecule has 2 fully saturated rings. The lowest BCUT2D eigenvalue weighted by atomic mass is 9.95. The molecule has 3 N–H and O–H groups in total. The summed E-state index contributed by atoms with van der Waals surface area (Å²) in [7, 11) is 0. The summed E-state index contributed by atoms with van der Waals surface area (Å²) in [4.78, 5) is 37.2. The zero-order valence-electron chi connectivity index (χ0n) is 16.3. The zero-order valence-corrected chi connectivity index (χ0v) is 16.3. The van der Waals surface area contributed by atoms with Gasteiger partial charge in [0.15, 0.2) is 0 Å². The van der Waals surface area contributed by atoms with E-state index in [1.165, 1.54) is 6.42 Å². The Kier molecular flexibility index (Phi) is 7.03. The number of amides is 2. The number of hydrogen-bond donors (Lipinski definition) is 3. The van der Waals surface area contributed by atoms with Gasteiger partial charge in [-0.1, -0.05) is 49.6 Å². The van der Waals surface area contributed by atoms with Crippen LogP contribution in [-0.2, 0) is 25.5 Å². The van der Waals surface area contributed by atoms with Gasteiger partial charge in [0.1, 0.15) is 18.1 Å². The van der Waals surface area contributed by atoms with Gasteiger partial charge in [0.2, 0.25) is 11.8 Å². The summed E-state index contributed by atoms with van der Waals surface area (Å²) in [5.74, 6) is -0.955. The van der Waals surface area contributed by atoms with Crippen LogP contribution >= 0.6 is 0 Å². The summed E-state index contributed by atoms with van der Waals surface area (Å²) in [6.07, 6.45) is 5.81. The number of hydrogen-bond acceptors (Lipinski definition) is 5. The Balaban J connectivity index is 1.61. The smallest absolute Gasteiger partial charge is 0.325 e. The van der Waals surface area contributed by atoms with Crippen molar-refractivity contribution in [1.29, 1.82) is 0 Å². The summed E-state index contributed by atoms with van der Waals surface area (Å²) in [6.45, 7) is 1.99. The molecule has 3 rings (SSSR count). The highest BCUT2D eigenvalue weighted by atomic mass is 16.5. The molecule has 1 aromatic carbocycles. The third-order valence-electron chi connectivity index (χ3n) is 5.27. The van der Waals surface area contributed by atoms with Crippen LogP contribution in [0.25, 0.3) is 0 Å². The molecular weight excluding hydrogens is 358 g/mol. The van der Waals surface area contributed by atoms with Crippen LogP contribution in [0.2, 0.25) is 0 Å². The highest BCUT2D eigenvalue weighted by Crippen LogP contribution is 2.18. The van der Waals surface area contributed by atoms with Crippen molar-refractivity contribution < 1.29 is 19.1 Å². The molecule has 1 saturated heterocycles. The van der Waals surface area contributed by atoms with Gasteiger partial charge >= 0.3 is 5.97 Å². The third-order valence-corrected chi connectivity index (χ3v) is 5.27. The monoisotopic (exact) mass is 387 g/mol. The Morgan fingerprint density at radius 2 is 1.82 bits per heavy atom. The number of nitrogens with one attached hydrogen (secondary N) is 3. The number of carbonyl (C=O) groups excluding carboxylic acids is 3. The van der Waals surface area contributed by atoms with Gasteiger partial charge in [0.05, 0.1) is 6.61 Å². The molecule has 7 nitrogen and oxygen atoms in total. The molecule has 1 heterocycles. The zero-order chi connectivity index (χ0) is 19.9. The van der Waals surface area contributed by atoms with E-state index in [1.54, 1.807) is 6.92 Å². The molecule has 7 heteroatoms. The van der Waals surface area contributed by atoms with E-state index in [9.17, 15) is 14.4 Å². The molecule has 2 aliphatic rings. The van der Waals surface area contributed by atoms with Crippen molar-refractivity contribution >= 4 is 17.8 Å². The van der Waals surface area contributed by atoms with Crippen LogP contribution in [0.4, 0.5) is 0 Å². The van der Waals surface area contributed by atoms with Crippen molar-refractivity contribution in [1.82, 2.24) is 16.0 Å². The van der Waals surface area contributed by atoms with Crippen LogP contribution in [0.3, 0.4) is 0 Å². The van der Waals surface area contributed by atoms with Crippen LogP contribution in [0, 0.1) is 0 Å². The largest absolute Gasteiger partial charge is 0.465 e. The van der Waals surface area contributed by atoms with E-state index in [4.69, 9.17) is 4.74 Å². The summed E-state index contributed by atoms with van der Waals surface area (Å²) in [5.41, 5.74) is 0.970. The highest BCUT2D eigenvalue weighted by Gasteiger charge is 2.49. The average molecular weight is 387 g/mol. The van der Waals surface area contributed by atoms with Gasteiger partial charge in [-0.05, 0) is 25.3 Å². The predicted molar refractivity (Wildman–Crippen MR) is 104 cm³/mol. The fraction of sp³-hybridized carbons (Fsp3) is 0.571. The summed E-state index contributed by atoms with van der Waals surface area (Å²) in [6, 6.07) is 7.83. The fourth-order valence-electron chi connectivity index (χ4n) is 3.67. The Morgan fingerprint density at radius 3 is 2.50 bits per heavy atom. The van der Waals surface area contributed by atoms with Crippen LogP contribution in [0.15, 0.2) is 30.3 Å². The first kappa shape index (κ1) is 20.3. The Labute approximate surface area is 165 Å². The maximum atomic E-state index is 12.9. The van der Waals surface area contributed by atoms with Gasteiger partial charge < -0.3 is 15.4 Å². The van der Waals surface area contributed by atoms with Crippen molar-refractivity contribution in [3.05, 3.63) is 35.9 Å². The number of ether oxygens (including phenoxy) is 1. The molecule has 152 valence electrons. The molecule has 0 radical (unpaired) electrons. The van der Waals surface area contributed by atoms with Crippen molar-refractivity contribution in [3.8, 4) is 0 Å². The second-order valence-electron chi connectivity index (χ2n) is 7.47. The molecule has 0 unspecified atom stereocenters. The molecule has 28 heavy (non-hydrogen) atoms. The van der Waals surface area contributed by atoms with Crippen molar-refractivity contribution in [2.75, 3.05) is 6.61 Å². The van der Waals surface area contributed by atoms with Crippen LogP contribution < -0.4 is 16.0 Å². The Morgan fingerprint density at radius 1 is 1.11 bits per heavy atom. The molecule has 1 aliphatic carbocycles. The van der Waals surface area contributed by atoms with Crippen molar-refractivity contribution in [3.63, 3.8) is 0 Å². The summed E-state index contributed by atoms with van der Waals surface area (Å²) >= 11 is 0. The maximum absolute atomic E-state index is 12.9. The molecular formula is C21H29N3O4. The van der Waals surface area contributed by atoms with Crippen LogP contribution in [0.5, 0.6) is 0 Å². The van der Waals surface area contributed by atoms with Gasteiger partial charge in [0.25, 0.3) is 0 Å². The second kappa shape index (κ2) is 9.68. The molecule has 0 spiro atoms. The lowest BCUT2D eigenvalue weighted by molar-refractivity contribution is -0.143. The van der Waals surface area contributed by atoms with Gasteiger partial charge in [-0.25, -0.2) is 0 Å². The second-order valence-corrected chi connectivity index (χ2v) is 7.47. The Bertz CT molecular complexity index is 688. The minimum atomic E-state index is -0.679. The SMILES string of the molecule is CCOC(=O)[C@H]1N[C@@H]1C(=O)N[C@@H](Cc1ccccc1)C(=O)NC1CCCCC1. The first-order chi connectivity index (χ1) is 13.6. The Hall–Kier alpha value is -2.41. The summed E-state index contributed by atoms with van der Waals surface area (Å²) in [5, 5.41) is 8.74. The minimum Gasteiger partial charge on any atom is -0.465 e. The number of benzene rings is 1. The molecule has 0 bridgehead atoms. The number of esters is 1. The quantitative estimate of drug-likeness (QED) is 0.457. The third kappa shape index (κ3) is 5.55. The van der Waals surface area contributed by atoms with Crippen LogP contribution in [0.1, 0.15) is 44.6 Å². The molecule has 3 atom stereocenters. The molecule has 2 amide bonds. The van der Waals surface area contributed by atoms with E-state index in [-0.39, 0.29) is 24.5 Å². The number of carbonyl (C=O) groups is 3. The van der Waals surface area contributed by atoms with Gasteiger partial charge in [-0.3, -0.25) is 19.7 Å². The van der Waals surface area contributed by atoms with E-state index in [1.807, 2.05) is 30.3 Å². The fourth-order valence-corrected chi connectivity index (χ4v) is 3.67. The summed E-state index contributed by atoms with van der Waals surface area (Å²) < 4.78 is 4.93. The molecule has 1 saturated carbocycles. The van der Waals surface area contributed by atoms with E-state index < -0.39 is 24.1 Å². The average Bonchev–Trinajstić information content (AvgIpc) is 3.50. The first-order valence-electron chi connectivity index (χ1n) is 10.2. The maximum Gasteiger partial charge on any atom is 0.325 e. The van der Waals surface area contributed by atoms with Crippen LogP contribution in [-0.4, -0.2) is 48.6 Å². The van der Waals surface area contributed by atoms with Crippen molar-refractivity contribution in [2.45, 2.75) is 69.6 Å². The minimum absolute atomic E-state index is 0.169. The topological polar surface area (TPSA) is 106 Å². The lowest BCUT2D eigenvalue weighted by Crippen LogP contribution is -2.52. The van der Waals surface area contributed by atoms with Gasteiger partial charge in [-0.2, -0.15) is 0 Å². The number of rotatable bonds is 8. The predicted octanol–water partition coefficient (Wildman–Crippen LogP) is 1.07.